The average Bonchev–Trinajstić information content (AvgIpc) is 2.88. The monoisotopic (exact) mass is 312 g/mol. The van der Waals surface area contributed by atoms with Crippen LogP contribution in [0.15, 0.2) is 29.4 Å². The van der Waals surface area contributed by atoms with Gasteiger partial charge in [0.2, 0.25) is 0 Å². The minimum Gasteiger partial charge on any atom is -0.383 e. The predicted octanol–water partition coefficient (Wildman–Crippen LogP) is 1.22. The Hall–Kier alpha value is -2.23. The molecule has 1 aromatic carbocycles. The summed E-state index contributed by atoms with van der Waals surface area (Å²) in [4.78, 5) is 14.6. The number of hydrogen-bond donors (Lipinski definition) is 0. The Kier molecular flexibility index (Phi) is 4.70. The molecule has 1 amide bonds. The molecule has 23 heavy (non-hydrogen) atoms. The summed E-state index contributed by atoms with van der Waals surface area (Å²) >= 11 is 0. The van der Waals surface area contributed by atoms with Crippen molar-refractivity contribution in [2.24, 2.45) is 11.0 Å². The fraction of sp³-hybridized carbons (Fsp3) is 0.471. The van der Waals surface area contributed by atoms with E-state index in [0.717, 1.165) is 30.8 Å². The fourth-order valence-corrected chi connectivity index (χ4v) is 3.12. The van der Waals surface area contributed by atoms with Crippen LogP contribution in [0.2, 0.25) is 0 Å². The van der Waals surface area contributed by atoms with Gasteiger partial charge in [-0.1, -0.05) is 12.1 Å². The standard InChI is InChI=1S/C17H20N4O2/c1-23-8-7-21-17(22)15-5-6-20(12-16(15)19-21)11-14-4-2-3-13(9-14)10-18/h2-4,9,15H,5-8,11-12H2,1H3. The highest BCUT2D eigenvalue weighted by molar-refractivity contribution is 6.09. The quantitative estimate of drug-likeness (QED) is 0.820. The maximum Gasteiger partial charge on any atom is 0.251 e. The number of ether oxygens (including phenoxy) is 1. The Morgan fingerprint density at radius 3 is 3.13 bits per heavy atom. The summed E-state index contributed by atoms with van der Waals surface area (Å²) in [5, 5.41) is 15.0. The highest BCUT2D eigenvalue weighted by atomic mass is 16.5. The molecule has 2 aliphatic rings. The van der Waals surface area contributed by atoms with Gasteiger partial charge in [-0.2, -0.15) is 10.4 Å². The first-order valence-corrected chi connectivity index (χ1v) is 7.80. The molecular formula is C17H20N4O2. The lowest BCUT2D eigenvalue weighted by Crippen LogP contribution is -2.41. The highest BCUT2D eigenvalue weighted by Gasteiger charge is 2.38. The number of carbonyl (C=O) groups is 1. The second-order valence-electron chi connectivity index (χ2n) is 5.91. The van der Waals surface area contributed by atoms with Crippen molar-refractivity contribution in [3.8, 4) is 6.07 Å². The number of rotatable bonds is 5. The SMILES string of the molecule is COCCN1N=C2CN(Cc3cccc(C#N)c3)CCC2C1=O. The van der Waals surface area contributed by atoms with Gasteiger partial charge in [0.05, 0.1) is 36.4 Å². The minimum absolute atomic E-state index is 0.0615. The van der Waals surface area contributed by atoms with Gasteiger partial charge in [-0.15, -0.1) is 0 Å². The molecule has 6 nitrogen and oxygen atoms in total. The van der Waals surface area contributed by atoms with E-state index in [-0.39, 0.29) is 11.8 Å². The second kappa shape index (κ2) is 6.90. The van der Waals surface area contributed by atoms with Gasteiger partial charge < -0.3 is 4.74 Å². The number of nitrogens with zero attached hydrogens (tertiary/aromatic N) is 4. The molecule has 0 aromatic heterocycles. The Morgan fingerprint density at radius 1 is 1.48 bits per heavy atom. The first-order valence-electron chi connectivity index (χ1n) is 7.80. The molecule has 0 bridgehead atoms. The van der Waals surface area contributed by atoms with Gasteiger partial charge in [-0.25, -0.2) is 5.01 Å². The molecule has 0 spiro atoms. The lowest BCUT2D eigenvalue weighted by Gasteiger charge is -2.29. The summed E-state index contributed by atoms with van der Waals surface area (Å²) in [5.41, 5.74) is 2.74. The van der Waals surface area contributed by atoms with E-state index >= 15 is 0 Å². The van der Waals surface area contributed by atoms with Crippen LogP contribution in [0.5, 0.6) is 0 Å². The van der Waals surface area contributed by atoms with Crippen LogP contribution >= 0.6 is 0 Å². The molecule has 1 atom stereocenters. The molecule has 0 aliphatic carbocycles. The number of benzene rings is 1. The molecule has 2 heterocycles. The molecule has 0 N–H and O–H groups in total. The number of piperidine rings is 1. The zero-order valence-corrected chi connectivity index (χ0v) is 13.2. The van der Waals surface area contributed by atoms with Gasteiger partial charge in [0.15, 0.2) is 0 Å². The Morgan fingerprint density at radius 2 is 2.35 bits per heavy atom. The van der Waals surface area contributed by atoms with Crippen molar-refractivity contribution in [3.05, 3.63) is 35.4 Å². The van der Waals surface area contributed by atoms with Crippen molar-refractivity contribution in [2.75, 3.05) is 33.4 Å². The lowest BCUT2D eigenvalue weighted by atomic mass is 9.94. The third kappa shape index (κ3) is 3.41. The van der Waals surface area contributed by atoms with Crippen LogP contribution in [-0.2, 0) is 16.1 Å². The molecule has 3 rings (SSSR count). The molecule has 120 valence electrons. The van der Waals surface area contributed by atoms with Crippen LogP contribution in [0.25, 0.3) is 0 Å². The van der Waals surface area contributed by atoms with Gasteiger partial charge in [-0.05, 0) is 24.1 Å². The summed E-state index contributed by atoms with van der Waals surface area (Å²) < 4.78 is 5.03. The van der Waals surface area contributed by atoms with Gasteiger partial charge in [0, 0.05) is 26.7 Å². The van der Waals surface area contributed by atoms with E-state index in [1.54, 1.807) is 12.1 Å². The maximum atomic E-state index is 12.3. The van der Waals surface area contributed by atoms with Crippen LogP contribution in [0.4, 0.5) is 0 Å². The van der Waals surface area contributed by atoms with Crippen LogP contribution < -0.4 is 0 Å². The summed E-state index contributed by atoms with van der Waals surface area (Å²) in [6.07, 6.45) is 0.805. The summed E-state index contributed by atoms with van der Waals surface area (Å²) in [7, 11) is 1.62. The van der Waals surface area contributed by atoms with Crippen molar-refractivity contribution in [1.29, 1.82) is 5.26 Å². The molecule has 1 unspecified atom stereocenters. The van der Waals surface area contributed by atoms with E-state index in [2.05, 4.69) is 16.1 Å². The Balaban J connectivity index is 1.65. The first kappa shape index (κ1) is 15.7. The van der Waals surface area contributed by atoms with Crippen LogP contribution in [0.1, 0.15) is 17.5 Å². The third-order valence-electron chi connectivity index (χ3n) is 4.29. The lowest BCUT2D eigenvalue weighted by molar-refractivity contribution is -0.132. The molecule has 0 radical (unpaired) electrons. The van der Waals surface area contributed by atoms with E-state index in [0.29, 0.717) is 25.3 Å². The zero-order valence-electron chi connectivity index (χ0n) is 13.2. The number of amides is 1. The van der Waals surface area contributed by atoms with E-state index in [1.807, 2.05) is 24.3 Å². The number of hydrogen-bond acceptors (Lipinski definition) is 5. The molecule has 6 heteroatoms. The minimum atomic E-state index is -0.0615. The topological polar surface area (TPSA) is 68.9 Å². The maximum absolute atomic E-state index is 12.3. The van der Waals surface area contributed by atoms with Crippen LogP contribution in [-0.4, -0.2) is 54.9 Å². The summed E-state index contributed by atoms with van der Waals surface area (Å²) in [6.45, 7) is 3.36. The summed E-state index contributed by atoms with van der Waals surface area (Å²) in [5.74, 6) is 0.0386. The van der Waals surface area contributed by atoms with Crippen LogP contribution in [0.3, 0.4) is 0 Å². The molecule has 1 saturated heterocycles. The normalized spacial score (nSPS) is 21.0. The van der Waals surface area contributed by atoms with E-state index < -0.39 is 0 Å². The Labute approximate surface area is 135 Å². The zero-order chi connectivity index (χ0) is 16.2. The van der Waals surface area contributed by atoms with E-state index in [4.69, 9.17) is 10.00 Å². The number of nitriles is 1. The second-order valence-corrected chi connectivity index (χ2v) is 5.91. The first-order chi connectivity index (χ1) is 11.2. The highest BCUT2D eigenvalue weighted by Crippen LogP contribution is 2.25. The van der Waals surface area contributed by atoms with Crippen molar-refractivity contribution < 1.29 is 9.53 Å². The Bertz CT molecular complexity index is 665. The van der Waals surface area contributed by atoms with Gasteiger partial charge in [-0.3, -0.25) is 9.69 Å². The number of likely N-dealkylation sites (tertiary alicyclic amines) is 1. The van der Waals surface area contributed by atoms with Crippen molar-refractivity contribution in [1.82, 2.24) is 9.91 Å². The largest absolute Gasteiger partial charge is 0.383 e. The predicted molar refractivity (Wildman–Crippen MR) is 85.6 cm³/mol. The van der Waals surface area contributed by atoms with Crippen LogP contribution in [0, 0.1) is 17.2 Å². The summed E-state index contributed by atoms with van der Waals surface area (Å²) in [6, 6.07) is 9.82. The molecule has 1 fully saturated rings. The number of methoxy groups -OCH3 is 1. The van der Waals surface area contributed by atoms with Gasteiger partial charge in [0.1, 0.15) is 0 Å². The molecule has 2 aliphatic heterocycles. The number of fused-ring (bicyclic) bond motifs is 1. The van der Waals surface area contributed by atoms with Crippen molar-refractivity contribution >= 4 is 11.6 Å². The molecule has 0 saturated carbocycles. The fourth-order valence-electron chi connectivity index (χ4n) is 3.12. The third-order valence-corrected chi connectivity index (χ3v) is 4.29. The van der Waals surface area contributed by atoms with E-state index in [9.17, 15) is 4.79 Å². The smallest absolute Gasteiger partial charge is 0.251 e. The van der Waals surface area contributed by atoms with Gasteiger partial charge in [0.25, 0.3) is 5.91 Å². The molecular weight excluding hydrogens is 292 g/mol. The van der Waals surface area contributed by atoms with Crippen molar-refractivity contribution in [3.63, 3.8) is 0 Å². The molecule has 1 aromatic rings. The average molecular weight is 312 g/mol. The van der Waals surface area contributed by atoms with Gasteiger partial charge >= 0.3 is 0 Å². The number of carbonyl (C=O) groups excluding carboxylic acids is 1. The number of hydrazone groups is 1. The van der Waals surface area contributed by atoms with E-state index in [1.165, 1.54) is 0 Å². The van der Waals surface area contributed by atoms with Crippen molar-refractivity contribution in [2.45, 2.75) is 13.0 Å².